The lowest BCUT2D eigenvalue weighted by Gasteiger charge is -2.33. The van der Waals surface area contributed by atoms with Gasteiger partial charge in [0.2, 0.25) is 5.91 Å². The molecule has 0 unspecified atom stereocenters. The lowest BCUT2D eigenvalue weighted by atomic mass is 9.96. The Kier molecular flexibility index (Phi) is 4.70. The van der Waals surface area contributed by atoms with Gasteiger partial charge >= 0.3 is 0 Å². The van der Waals surface area contributed by atoms with Crippen LogP contribution >= 0.6 is 0 Å². The van der Waals surface area contributed by atoms with Gasteiger partial charge in [-0.05, 0) is 39.2 Å². The summed E-state index contributed by atoms with van der Waals surface area (Å²) in [5, 5.41) is 8.15. The Balaban J connectivity index is 1.47. The molecule has 1 saturated heterocycles. The van der Waals surface area contributed by atoms with E-state index in [4.69, 9.17) is 0 Å². The van der Waals surface area contributed by atoms with Crippen molar-refractivity contribution in [1.29, 1.82) is 0 Å². The van der Waals surface area contributed by atoms with Crippen LogP contribution in [-0.2, 0) is 4.79 Å². The Morgan fingerprint density at radius 2 is 1.86 bits per heavy atom. The normalized spacial score (nSPS) is 16.5. The standard InChI is InChI=1S/C20H24N6O2/c1-12-4-6-15(7-5-12)13(2)20(28)25-10-8-16(9-11-25)26-18-17(23-24-26)19(27)22-14(3)21-18/h4-7,13,16H,8-11H2,1-3H3,(H,21,22,27)/t13-/m1/s1. The van der Waals surface area contributed by atoms with Crippen LogP contribution in [0.4, 0.5) is 0 Å². The Labute approximate surface area is 162 Å². The molecule has 2 aromatic heterocycles. The van der Waals surface area contributed by atoms with Crippen LogP contribution in [0.5, 0.6) is 0 Å². The maximum atomic E-state index is 12.9. The van der Waals surface area contributed by atoms with Gasteiger partial charge in [0.05, 0.1) is 12.0 Å². The van der Waals surface area contributed by atoms with Gasteiger partial charge in [0.1, 0.15) is 5.82 Å². The van der Waals surface area contributed by atoms with Crippen LogP contribution < -0.4 is 5.56 Å². The topological polar surface area (TPSA) is 96.8 Å². The first-order valence-electron chi connectivity index (χ1n) is 9.61. The molecule has 0 saturated carbocycles. The summed E-state index contributed by atoms with van der Waals surface area (Å²) < 4.78 is 1.74. The molecule has 8 nitrogen and oxygen atoms in total. The zero-order chi connectivity index (χ0) is 19.8. The van der Waals surface area contributed by atoms with E-state index >= 15 is 0 Å². The molecule has 4 rings (SSSR count). The van der Waals surface area contributed by atoms with Crippen LogP contribution in [0.15, 0.2) is 29.1 Å². The molecule has 0 spiro atoms. The van der Waals surface area contributed by atoms with Gasteiger partial charge < -0.3 is 9.88 Å². The van der Waals surface area contributed by atoms with Gasteiger partial charge in [0.15, 0.2) is 11.2 Å². The lowest BCUT2D eigenvalue weighted by Crippen LogP contribution is -2.41. The average molecular weight is 380 g/mol. The largest absolute Gasteiger partial charge is 0.342 e. The molecule has 1 aromatic carbocycles. The number of H-pyrrole nitrogens is 1. The summed E-state index contributed by atoms with van der Waals surface area (Å²) in [7, 11) is 0. The molecule has 1 aliphatic heterocycles. The minimum atomic E-state index is -0.270. The van der Waals surface area contributed by atoms with E-state index in [1.165, 1.54) is 5.56 Å². The quantitative estimate of drug-likeness (QED) is 0.750. The third-order valence-corrected chi connectivity index (χ3v) is 5.52. The number of carbonyl (C=O) groups excluding carboxylic acids is 1. The van der Waals surface area contributed by atoms with Gasteiger partial charge in [0.25, 0.3) is 5.56 Å². The SMILES string of the molecule is Cc1ccc([C@@H](C)C(=O)N2CCC(n3nnc4c(=O)[nH]c(C)nc43)CC2)cc1. The predicted octanol–water partition coefficient (Wildman–Crippen LogP) is 2.10. The van der Waals surface area contributed by atoms with Crippen LogP contribution in [0.2, 0.25) is 0 Å². The van der Waals surface area contributed by atoms with E-state index in [2.05, 4.69) is 20.3 Å². The number of likely N-dealkylation sites (tertiary alicyclic amines) is 1. The number of aromatic nitrogens is 5. The third kappa shape index (κ3) is 3.30. The highest BCUT2D eigenvalue weighted by molar-refractivity contribution is 5.83. The Morgan fingerprint density at radius 3 is 2.54 bits per heavy atom. The number of piperidine rings is 1. The Bertz CT molecular complexity index is 1060. The van der Waals surface area contributed by atoms with Gasteiger partial charge in [0, 0.05) is 13.1 Å². The van der Waals surface area contributed by atoms with E-state index in [1.54, 1.807) is 11.6 Å². The molecule has 8 heteroatoms. The number of nitrogens with zero attached hydrogens (tertiary/aromatic N) is 5. The Hall–Kier alpha value is -3.03. The molecule has 0 radical (unpaired) electrons. The molecule has 1 N–H and O–H groups in total. The van der Waals surface area contributed by atoms with Gasteiger partial charge in [-0.25, -0.2) is 9.67 Å². The van der Waals surface area contributed by atoms with Crippen molar-refractivity contribution in [3.05, 3.63) is 51.6 Å². The molecule has 146 valence electrons. The number of amides is 1. The number of aryl methyl sites for hydroxylation is 2. The molecule has 1 amide bonds. The van der Waals surface area contributed by atoms with Crippen molar-refractivity contribution in [2.24, 2.45) is 0 Å². The van der Waals surface area contributed by atoms with Crippen molar-refractivity contribution in [1.82, 2.24) is 29.9 Å². The molecule has 3 aromatic rings. The molecule has 1 aliphatic rings. The second-order valence-electron chi connectivity index (χ2n) is 7.55. The van der Waals surface area contributed by atoms with E-state index in [9.17, 15) is 9.59 Å². The summed E-state index contributed by atoms with van der Waals surface area (Å²) in [5.41, 5.74) is 2.73. The van der Waals surface area contributed by atoms with Gasteiger partial charge in [-0.2, -0.15) is 0 Å². The number of hydrogen-bond donors (Lipinski definition) is 1. The van der Waals surface area contributed by atoms with Crippen LogP contribution in [0.3, 0.4) is 0 Å². The fourth-order valence-corrected chi connectivity index (χ4v) is 3.80. The summed E-state index contributed by atoms with van der Waals surface area (Å²) in [6, 6.07) is 8.21. The number of aromatic amines is 1. The fraction of sp³-hybridized carbons (Fsp3) is 0.450. The molecule has 1 atom stereocenters. The van der Waals surface area contributed by atoms with Crippen LogP contribution in [0.1, 0.15) is 48.7 Å². The highest BCUT2D eigenvalue weighted by atomic mass is 16.2. The summed E-state index contributed by atoms with van der Waals surface area (Å²) in [4.78, 5) is 33.9. The summed E-state index contributed by atoms with van der Waals surface area (Å²) in [6.07, 6.45) is 1.52. The van der Waals surface area contributed by atoms with Crippen molar-refractivity contribution in [3.63, 3.8) is 0 Å². The van der Waals surface area contributed by atoms with Gasteiger partial charge in [-0.15, -0.1) is 5.10 Å². The van der Waals surface area contributed by atoms with Crippen molar-refractivity contribution in [2.75, 3.05) is 13.1 Å². The predicted molar refractivity (Wildman–Crippen MR) is 105 cm³/mol. The first kappa shape index (κ1) is 18.3. The molecular weight excluding hydrogens is 356 g/mol. The second-order valence-corrected chi connectivity index (χ2v) is 7.55. The highest BCUT2D eigenvalue weighted by Gasteiger charge is 2.29. The summed E-state index contributed by atoms with van der Waals surface area (Å²) >= 11 is 0. The minimum Gasteiger partial charge on any atom is -0.342 e. The number of nitrogens with one attached hydrogen (secondary N) is 1. The number of carbonyl (C=O) groups is 1. The average Bonchev–Trinajstić information content (AvgIpc) is 3.12. The Morgan fingerprint density at radius 1 is 1.18 bits per heavy atom. The molecule has 3 heterocycles. The van der Waals surface area contributed by atoms with Crippen LogP contribution in [0, 0.1) is 13.8 Å². The number of benzene rings is 1. The first-order valence-corrected chi connectivity index (χ1v) is 9.61. The molecule has 28 heavy (non-hydrogen) atoms. The van der Waals surface area contributed by atoms with Crippen LogP contribution in [0.25, 0.3) is 11.2 Å². The van der Waals surface area contributed by atoms with Crippen molar-refractivity contribution >= 4 is 17.1 Å². The van der Waals surface area contributed by atoms with Gasteiger partial charge in [-0.3, -0.25) is 9.59 Å². The zero-order valence-electron chi connectivity index (χ0n) is 16.3. The second kappa shape index (κ2) is 7.18. The minimum absolute atomic E-state index is 0.0810. The fourth-order valence-electron chi connectivity index (χ4n) is 3.80. The maximum absolute atomic E-state index is 12.9. The van der Waals surface area contributed by atoms with Crippen molar-refractivity contribution in [2.45, 2.75) is 45.6 Å². The molecule has 0 aliphatic carbocycles. The molecule has 1 fully saturated rings. The lowest BCUT2D eigenvalue weighted by molar-refractivity contribution is -0.133. The van der Waals surface area contributed by atoms with E-state index < -0.39 is 0 Å². The van der Waals surface area contributed by atoms with E-state index in [0.29, 0.717) is 24.6 Å². The first-order chi connectivity index (χ1) is 13.4. The molecule has 0 bridgehead atoms. The zero-order valence-corrected chi connectivity index (χ0v) is 16.3. The maximum Gasteiger partial charge on any atom is 0.281 e. The van der Waals surface area contributed by atoms with Crippen LogP contribution in [-0.4, -0.2) is 48.9 Å². The van der Waals surface area contributed by atoms with E-state index in [-0.39, 0.29) is 28.9 Å². The van der Waals surface area contributed by atoms with E-state index in [1.807, 2.05) is 43.0 Å². The highest BCUT2D eigenvalue weighted by Crippen LogP contribution is 2.27. The number of hydrogen-bond acceptors (Lipinski definition) is 5. The monoisotopic (exact) mass is 380 g/mol. The summed E-state index contributed by atoms with van der Waals surface area (Å²) in [5.74, 6) is 0.531. The third-order valence-electron chi connectivity index (χ3n) is 5.52. The summed E-state index contributed by atoms with van der Waals surface area (Å²) in [6.45, 7) is 7.06. The van der Waals surface area contributed by atoms with Gasteiger partial charge in [-0.1, -0.05) is 35.0 Å². The molecular formula is C20H24N6O2. The smallest absolute Gasteiger partial charge is 0.281 e. The van der Waals surface area contributed by atoms with Crippen molar-refractivity contribution < 1.29 is 4.79 Å². The van der Waals surface area contributed by atoms with Crippen molar-refractivity contribution in [3.8, 4) is 0 Å². The number of rotatable bonds is 3. The van der Waals surface area contributed by atoms with E-state index in [0.717, 1.165) is 18.4 Å². The number of fused-ring (bicyclic) bond motifs is 1.